The fraction of sp³-hybridized carbons (Fsp3) is 0.231. The highest BCUT2D eigenvalue weighted by Crippen LogP contribution is 2.31. The van der Waals surface area contributed by atoms with Gasteiger partial charge in [0, 0.05) is 23.2 Å². The molecule has 1 aromatic heterocycles. The van der Waals surface area contributed by atoms with Crippen molar-refractivity contribution < 1.29 is 22.5 Å². The molecule has 2 heterocycles. The maximum Gasteiger partial charge on any atom is 0.254 e. The number of nitrogens with zero attached hydrogens (tertiary/aromatic N) is 2. The van der Waals surface area contributed by atoms with Crippen LogP contribution in [0.3, 0.4) is 0 Å². The van der Waals surface area contributed by atoms with Crippen LogP contribution in [-0.2, 0) is 23.8 Å². The van der Waals surface area contributed by atoms with Crippen molar-refractivity contribution in [1.82, 2.24) is 14.9 Å². The van der Waals surface area contributed by atoms with Crippen LogP contribution in [0, 0.1) is 5.82 Å². The molecule has 0 saturated heterocycles. The van der Waals surface area contributed by atoms with Gasteiger partial charge in [-0.3, -0.25) is 9.00 Å². The maximum atomic E-state index is 15.0. The number of benzene rings is 3. The first kappa shape index (κ1) is 23.2. The number of carbonyl (C=O) groups is 1. The molecule has 6 nitrogen and oxygen atoms in total. The maximum absolute atomic E-state index is 15.0. The summed E-state index contributed by atoms with van der Waals surface area (Å²) in [5.74, 6) is -0.432. The normalized spacial score (nSPS) is 14.3. The molecule has 4 aromatic rings. The molecule has 0 aliphatic carbocycles. The number of H-pyrrole nitrogens is 1. The second-order valence-electron chi connectivity index (χ2n) is 8.24. The number of ether oxygens (including phenoxy) is 1. The van der Waals surface area contributed by atoms with E-state index in [4.69, 9.17) is 4.74 Å². The molecule has 0 spiro atoms. The molecule has 180 valence electrons. The number of nitrogens with one attached hydrogen (secondary N) is 1. The van der Waals surface area contributed by atoms with Crippen molar-refractivity contribution in [3.63, 3.8) is 0 Å². The van der Waals surface area contributed by atoms with Gasteiger partial charge in [-0.1, -0.05) is 19.1 Å². The van der Waals surface area contributed by atoms with E-state index in [2.05, 4.69) is 9.97 Å². The molecular weight excluding hydrogens is 472 g/mol. The van der Waals surface area contributed by atoms with E-state index in [9.17, 15) is 17.8 Å². The van der Waals surface area contributed by atoms with Crippen LogP contribution < -0.4 is 4.74 Å². The number of fused-ring (bicyclic) bond motifs is 2. The molecule has 1 N–H and O–H groups in total. The molecule has 35 heavy (non-hydrogen) atoms. The Bertz CT molecular complexity index is 1450. The van der Waals surface area contributed by atoms with Gasteiger partial charge in [0.1, 0.15) is 18.2 Å². The van der Waals surface area contributed by atoms with Gasteiger partial charge in [-0.2, -0.15) is 0 Å². The van der Waals surface area contributed by atoms with Crippen molar-refractivity contribution >= 4 is 27.7 Å². The largest absolute Gasteiger partial charge is 0.491 e. The summed E-state index contributed by atoms with van der Waals surface area (Å²) in [6, 6.07) is 13.3. The van der Waals surface area contributed by atoms with Gasteiger partial charge >= 0.3 is 0 Å². The van der Waals surface area contributed by atoms with Gasteiger partial charge in [0.2, 0.25) is 0 Å². The highest BCUT2D eigenvalue weighted by molar-refractivity contribution is 7.84. The predicted molar refractivity (Wildman–Crippen MR) is 130 cm³/mol. The van der Waals surface area contributed by atoms with E-state index < -0.39 is 22.6 Å². The van der Waals surface area contributed by atoms with Gasteiger partial charge in [-0.05, 0) is 53.9 Å². The summed E-state index contributed by atoms with van der Waals surface area (Å²) in [5.41, 5.74) is 4.94. The van der Waals surface area contributed by atoms with Crippen LogP contribution in [0.1, 0.15) is 28.4 Å². The Balaban J connectivity index is 1.47. The Kier molecular flexibility index (Phi) is 6.34. The van der Waals surface area contributed by atoms with Crippen molar-refractivity contribution in [2.24, 2.45) is 0 Å². The molecule has 1 aliphatic heterocycles. The first-order valence-corrected chi connectivity index (χ1v) is 12.6. The van der Waals surface area contributed by atoms with Gasteiger partial charge in [-0.25, -0.2) is 13.8 Å². The summed E-state index contributed by atoms with van der Waals surface area (Å²) in [7, 11) is -2.09. The highest BCUT2D eigenvalue weighted by Gasteiger charge is 2.26. The van der Waals surface area contributed by atoms with E-state index >= 15 is 0 Å². The van der Waals surface area contributed by atoms with Crippen molar-refractivity contribution in [2.75, 3.05) is 19.2 Å². The fourth-order valence-electron chi connectivity index (χ4n) is 4.41. The summed E-state index contributed by atoms with van der Waals surface area (Å²) in [6.45, 7) is 2.62. The average molecular weight is 496 g/mol. The van der Waals surface area contributed by atoms with E-state index in [0.29, 0.717) is 18.9 Å². The predicted octanol–water partition coefficient (Wildman–Crippen LogP) is 5.00. The van der Waals surface area contributed by atoms with Crippen LogP contribution in [0.25, 0.3) is 22.2 Å². The van der Waals surface area contributed by atoms with Crippen LogP contribution in [0.5, 0.6) is 5.75 Å². The first-order valence-electron chi connectivity index (χ1n) is 11.2. The molecule has 3 aromatic carbocycles. The molecule has 9 heteroatoms. The minimum atomic E-state index is -2.09. The average Bonchev–Trinajstić information content (AvgIpc) is 3.25. The fourth-order valence-corrected chi connectivity index (χ4v) is 5.07. The number of carbonyl (C=O) groups excluding carboxylic acids is 1. The Labute approximate surface area is 203 Å². The molecule has 0 fully saturated rings. The van der Waals surface area contributed by atoms with E-state index in [0.717, 1.165) is 27.7 Å². The lowest BCUT2D eigenvalue weighted by molar-refractivity contribution is 0.0731. The molecule has 0 bridgehead atoms. The van der Waals surface area contributed by atoms with E-state index in [1.807, 2.05) is 36.4 Å². The first-order chi connectivity index (χ1) is 17.0. The van der Waals surface area contributed by atoms with Crippen molar-refractivity contribution in [3.05, 3.63) is 77.4 Å². The summed E-state index contributed by atoms with van der Waals surface area (Å²) < 4.78 is 45.6. The summed E-state index contributed by atoms with van der Waals surface area (Å²) in [6.07, 6.45) is 1.86. The third kappa shape index (κ3) is 4.32. The van der Waals surface area contributed by atoms with Crippen LogP contribution in [-0.4, -0.2) is 44.1 Å². The lowest BCUT2D eigenvalue weighted by Crippen LogP contribution is -2.33. The number of hydrogen-bond acceptors (Lipinski definition) is 4. The van der Waals surface area contributed by atoms with Crippen molar-refractivity contribution in [2.45, 2.75) is 24.8 Å². The van der Waals surface area contributed by atoms with E-state index in [1.54, 1.807) is 18.2 Å². The second-order valence-corrected chi connectivity index (χ2v) is 9.59. The summed E-state index contributed by atoms with van der Waals surface area (Å²) in [5, 5.41) is 0. The lowest BCUT2D eigenvalue weighted by atomic mass is 10.0. The van der Waals surface area contributed by atoms with Crippen LogP contribution >= 0.6 is 0 Å². The molecule has 1 aliphatic rings. The summed E-state index contributed by atoms with van der Waals surface area (Å²) in [4.78, 5) is 22.2. The number of alkyl halides is 1. The number of amides is 1. The minimum Gasteiger partial charge on any atom is -0.491 e. The Morgan fingerprint density at radius 2 is 1.97 bits per heavy atom. The number of aromatic amines is 1. The smallest absolute Gasteiger partial charge is 0.254 e. The van der Waals surface area contributed by atoms with Crippen LogP contribution in [0.2, 0.25) is 0 Å². The quantitative estimate of drug-likeness (QED) is 0.423. The van der Waals surface area contributed by atoms with Gasteiger partial charge in [0.15, 0.2) is 6.01 Å². The van der Waals surface area contributed by atoms with E-state index in [-0.39, 0.29) is 34.9 Å². The number of imidazole rings is 1. The standard InChI is InChI=1S/C26H23F2N3O3S/c1-2-19-20(5-8-24(25(19)28)35(33)14-27)26(32)31-9-10-34-23-7-4-16(11-18(23)13-31)17-3-6-21-22(12-17)30-15-29-21/h3-8,11-12,15H,2,9-10,13-14H2,1H3,(H,29,30). The molecule has 1 unspecified atom stereocenters. The molecule has 0 radical (unpaired) electrons. The van der Waals surface area contributed by atoms with Gasteiger partial charge < -0.3 is 14.6 Å². The van der Waals surface area contributed by atoms with Crippen molar-refractivity contribution in [1.29, 1.82) is 0 Å². The monoisotopic (exact) mass is 495 g/mol. The Morgan fingerprint density at radius 1 is 1.17 bits per heavy atom. The van der Waals surface area contributed by atoms with Gasteiger partial charge in [-0.15, -0.1) is 0 Å². The molecule has 0 saturated carbocycles. The Morgan fingerprint density at radius 3 is 2.77 bits per heavy atom. The van der Waals surface area contributed by atoms with Crippen molar-refractivity contribution in [3.8, 4) is 16.9 Å². The highest BCUT2D eigenvalue weighted by atomic mass is 32.2. The zero-order chi connectivity index (χ0) is 24.5. The second kappa shape index (κ2) is 9.58. The number of aromatic nitrogens is 2. The summed E-state index contributed by atoms with van der Waals surface area (Å²) >= 11 is 0. The SMILES string of the molecule is CCc1c(C(=O)N2CCOc3ccc(-c4ccc5nc[nH]c5c4)cc3C2)ccc(S(=O)CF)c1F. The van der Waals surface area contributed by atoms with Crippen LogP contribution in [0.15, 0.2) is 59.8 Å². The zero-order valence-electron chi connectivity index (χ0n) is 19.0. The third-order valence-corrected chi connectivity index (χ3v) is 7.22. The molecular formula is C26H23F2N3O3S. The Hall–Kier alpha value is -3.59. The third-order valence-electron chi connectivity index (χ3n) is 6.22. The number of hydrogen-bond donors (Lipinski definition) is 1. The topological polar surface area (TPSA) is 75.3 Å². The number of halogens is 2. The van der Waals surface area contributed by atoms with Crippen LogP contribution in [0.4, 0.5) is 8.78 Å². The van der Waals surface area contributed by atoms with E-state index in [1.165, 1.54) is 12.1 Å². The minimum absolute atomic E-state index is 0.140. The van der Waals surface area contributed by atoms with Gasteiger partial charge in [0.05, 0.1) is 39.6 Å². The zero-order valence-corrected chi connectivity index (χ0v) is 19.8. The molecule has 5 rings (SSSR count). The lowest BCUT2D eigenvalue weighted by Gasteiger charge is -2.22. The number of rotatable bonds is 5. The molecule has 1 atom stereocenters. The molecule has 1 amide bonds. The van der Waals surface area contributed by atoms with Gasteiger partial charge in [0.25, 0.3) is 5.91 Å².